The summed E-state index contributed by atoms with van der Waals surface area (Å²) in [6.07, 6.45) is 2.56. The van der Waals surface area contributed by atoms with Gasteiger partial charge in [0.25, 0.3) is 0 Å². The Balaban J connectivity index is 1.82. The van der Waals surface area contributed by atoms with Crippen molar-refractivity contribution >= 4 is 29.4 Å². The second kappa shape index (κ2) is 13.8. The topological polar surface area (TPSA) is 145 Å². The number of nitrogens with zero attached hydrogens (tertiary/aromatic N) is 1. The molecule has 1 aromatic carbocycles. The van der Waals surface area contributed by atoms with Gasteiger partial charge in [-0.1, -0.05) is 31.9 Å². The maximum atomic E-state index is 13.7. The fourth-order valence-corrected chi connectivity index (χ4v) is 5.11. The van der Waals surface area contributed by atoms with Crippen molar-refractivity contribution in [2.75, 3.05) is 6.54 Å². The summed E-state index contributed by atoms with van der Waals surface area (Å²) in [7, 11) is 0. The number of ketones is 1. The summed E-state index contributed by atoms with van der Waals surface area (Å²) < 4.78 is 13.5. The first-order valence-corrected chi connectivity index (χ1v) is 14.1. The minimum Gasteiger partial charge on any atom is -0.386 e. The normalized spacial score (nSPS) is 26.6. The highest BCUT2D eigenvalue weighted by atomic mass is 19.1. The fourth-order valence-electron chi connectivity index (χ4n) is 5.11. The van der Waals surface area contributed by atoms with Crippen molar-refractivity contribution in [2.45, 2.75) is 108 Å². The summed E-state index contributed by atoms with van der Waals surface area (Å²) in [4.78, 5) is 67.2. The third-order valence-corrected chi connectivity index (χ3v) is 7.92. The van der Waals surface area contributed by atoms with E-state index in [1.807, 2.05) is 0 Å². The Labute approximate surface area is 234 Å². The van der Waals surface area contributed by atoms with Gasteiger partial charge in [-0.3, -0.25) is 24.0 Å². The van der Waals surface area contributed by atoms with Gasteiger partial charge in [0, 0.05) is 19.4 Å². The van der Waals surface area contributed by atoms with Gasteiger partial charge in [0.05, 0.1) is 0 Å². The molecular formula is C29H41FN4O6. The zero-order valence-electron chi connectivity index (χ0n) is 23.5. The monoisotopic (exact) mass is 560 g/mol. The van der Waals surface area contributed by atoms with Gasteiger partial charge in [0.2, 0.25) is 23.6 Å². The van der Waals surface area contributed by atoms with E-state index < -0.39 is 59.2 Å². The predicted molar refractivity (Wildman–Crippen MR) is 145 cm³/mol. The van der Waals surface area contributed by atoms with Crippen LogP contribution in [0.4, 0.5) is 4.39 Å². The van der Waals surface area contributed by atoms with E-state index in [1.165, 1.54) is 24.0 Å². The van der Waals surface area contributed by atoms with Gasteiger partial charge in [0.15, 0.2) is 5.78 Å². The van der Waals surface area contributed by atoms with Crippen LogP contribution in [0, 0.1) is 5.82 Å². The SMILES string of the molecule is CC[C@]1(C)NC(=O)[C@H](CCCCCC(=O)[C@@H](C)O)NC(=O)[C@H]2CCCN2C(=O)[C@H](Cc2ccc(F)cc2)NC1=O. The van der Waals surface area contributed by atoms with E-state index in [-0.39, 0.29) is 31.5 Å². The highest BCUT2D eigenvalue weighted by molar-refractivity contribution is 5.99. The molecule has 11 heteroatoms. The molecule has 0 unspecified atom stereocenters. The van der Waals surface area contributed by atoms with Crippen molar-refractivity contribution < 1.29 is 33.5 Å². The first kappa shape index (κ1) is 31.2. The molecule has 5 atom stereocenters. The molecule has 2 saturated heterocycles. The van der Waals surface area contributed by atoms with E-state index in [0.717, 1.165) is 0 Å². The number of rotatable bonds is 10. The molecule has 2 aliphatic rings. The van der Waals surface area contributed by atoms with E-state index in [0.29, 0.717) is 44.2 Å². The van der Waals surface area contributed by atoms with Crippen molar-refractivity contribution in [2.24, 2.45) is 0 Å². The lowest BCUT2D eigenvalue weighted by molar-refractivity contribution is -0.144. The van der Waals surface area contributed by atoms with Gasteiger partial charge in [-0.05, 0) is 63.6 Å². The highest BCUT2D eigenvalue weighted by Crippen LogP contribution is 2.22. The van der Waals surface area contributed by atoms with Crippen LogP contribution in [0.25, 0.3) is 0 Å². The standard InChI is InChI=1S/C29H41FN4O6/c1-4-29(3)28(40)32-22(17-19-12-14-20(30)15-13-19)27(39)34-16-8-10-23(34)26(38)31-21(25(37)33-29)9-6-5-7-11-24(36)18(2)35/h12-15,18,21-23,35H,4-11,16-17H2,1-3H3,(H,31,38)(H,32,40)(H,33,37)/t18-,21+,22+,23-,29+/m1/s1. The molecule has 4 N–H and O–H groups in total. The molecule has 2 aliphatic heterocycles. The van der Waals surface area contributed by atoms with E-state index in [2.05, 4.69) is 16.0 Å². The smallest absolute Gasteiger partial charge is 0.246 e. The number of hydrogen-bond donors (Lipinski definition) is 4. The van der Waals surface area contributed by atoms with E-state index in [1.54, 1.807) is 26.0 Å². The van der Waals surface area contributed by atoms with Crippen LogP contribution >= 0.6 is 0 Å². The average Bonchev–Trinajstić information content (AvgIpc) is 3.41. The molecule has 0 aromatic heterocycles. The molecule has 40 heavy (non-hydrogen) atoms. The van der Waals surface area contributed by atoms with Gasteiger partial charge >= 0.3 is 0 Å². The zero-order chi connectivity index (χ0) is 29.4. The van der Waals surface area contributed by atoms with E-state index in [4.69, 9.17) is 0 Å². The summed E-state index contributed by atoms with van der Waals surface area (Å²) >= 11 is 0. The zero-order valence-corrected chi connectivity index (χ0v) is 23.5. The second-order valence-electron chi connectivity index (χ2n) is 11.0. The number of carbonyl (C=O) groups is 5. The second-order valence-corrected chi connectivity index (χ2v) is 11.0. The van der Waals surface area contributed by atoms with E-state index in [9.17, 15) is 33.5 Å². The van der Waals surface area contributed by atoms with Crippen LogP contribution in [0.3, 0.4) is 0 Å². The Hall–Kier alpha value is -3.34. The van der Waals surface area contributed by atoms with Gasteiger partial charge in [-0.2, -0.15) is 0 Å². The molecule has 0 spiro atoms. The largest absolute Gasteiger partial charge is 0.386 e. The molecule has 0 bridgehead atoms. The number of carbonyl (C=O) groups excluding carboxylic acids is 5. The van der Waals surface area contributed by atoms with Crippen LogP contribution in [0.15, 0.2) is 24.3 Å². The predicted octanol–water partition coefficient (Wildman–Crippen LogP) is 1.53. The number of hydrogen-bond acceptors (Lipinski definition) is 6. The number of aliphatic hydroxyl groups excluding tert-OH is 1. The Morgan fingerprint density at radius 1 is 1.07 bits per heavy atom. The molecule has 2 fully saturated rings. The lowest BCUT2D eigenvalue weighted by Gasteiger charge is -2.36. The Morgan fingerprint density at radius 3 is 2.42 bits per heavy atom. The fraction of sp³-hybridized carbons (Fsp3) is 0.621. The van der Waals surface area contributed by atoms with Gasteiger partial charge in [-0.15, -0.1) is 0 Å². The first-order chi connectivity index (χ1) is 18.9. The minimum absolute atomic E-state index is 0.101. The minimum atomic E-state index is -1.35. The molecule has 3 rings (SSSR count). The van der Waals surface area contributed by atoms with Gasteiger partial charge in [-0.25, -0.2) is 4.39 Å². The van der Waals surface area contributed by atoms with Crippen LogP contribution in [-0.4, -0.2) is 75.7 Å². The Kier molecular flexibility index (Phi) is 10.8. The molecule has 1 aromatic rings. The Morgan fingerprint density at radius 2 is 1.77 bits per heavy atom. The summed E-state index contributed by atoms with van der Waals surface area (Å²) in [5.74, 6) is -2.52. The van der Waals surface area contributed by atoms with Crippen molar-refractivity contribution in [3.8, 4) is 0 Å². The quantitative estimate of drug-likeness (QED) is 0.320. The average molecular weight is 561 g/mol. The summed E-state index contributed by atoms with van der Waals surface area (Å²) in [5.41, 5.74) is -0.709. The molecule has 0 saturated carbocycles. The maximum absolute atomic E-state index is 13.7. The molecule has 0 aliphatic carbocycles. The molecule has 0 radical (unpaired) electrons. The Bertz CT molecular complexity index is 1090. The summed E-state index contributed by atoms with van der Waals surface area (Å²) in [6.45, 7) is 5.08. The van der Waals surface area contributed by atoms with Crippen LogP contribution < -0.4 is 16.0 Å². The maximum Gasteiger partial charge on any atom is 0.246 e. The van der Waals surface area contributed by atoms with Crippen molar-refractivity contribution in [1.82, 2.24) is 20.9 Å². The van der Waals surface area contributed by atoms with E-state index >= 15 is 0 Å². The van der Waals surface area contributed by atoms with Crippen molar-refractivity contribution in [3.63, 3.8) is 0 Å². The number of unbranched alkanes of at least 4 members (excludes halogenated alkanes) is 2. The van der Waals surface area contributed by atoms with Crippen molar-refractivity contribution in [1.29, 1.82) is 0 Å². The molecular weight excluding hydrogens is 519 g/mol. The third kappa shape index (κ3) is 7.87. The van der Waals surface area contributed by atoms with Crippen LogP contribution in [0.1, 0.15) is 77.7 Å². The highest BCUT2D eigenvalue weighted by Gasteiger charge is 2.43. The van der Waals surface area contributed by atoms with Gasteiger partial charge < -0.3 is 26.0 Å². The molecule has 2 heterocycles. The lowest BCUT2D eigenvalue weighted by atomic mass is 9.94. The number of amides is 4. The third-order valence-electron chi connectivity index (χ3n) is 7.92. The number of Topliss-reactive ketones (excluding diaryl/α,β-unsaturated/α-hetero) is 1. The molecule has 10 nitrogen and oxygen atoms in total. The number of halogens is 1. The van der Waals surface area contributed by atoms with Crippen LogP contribution in [0.5, 0.6) is 0 Å². The van der Waals surface area contributed by atoms with Crippen molar-refractivity contribution in [3.05, 3.63) is 35.6 Å². The summed E-state index contributed by atoms with van der Waals surface area (Å²) in [6, 6.07) is 2.95. The number of benzene rings is 1. The number of nitrogens with one attached hydrogen (secondary N) is 3. The first-order valence-electron chi connectivity index (χ1n) is 14.1. The number of aliphatic hydroxyl groups is 1. The van der Waals surface area contributed by atoms with Gasteiger partial charge in [0.1, 0.15) is 35.6 Å². The van der Waals surface area contributed by atoms with Crippen LogP contribution in [-0.2, 0) is 30.4 Å². The number of fused-ring (bicyclic) bond motifs is 1. The molecule has 4 amide bonds. The summed E-state index contributed by atoms with van der Waals surface area (Å²) in [5, 5.41) is 17.8. The lowest BCUT2D eigenvalue weighted by Crippen LogP contribution is -2.65. The van der Waals surface area contributed by atoms with Crippen LogP contribution in [0.2, 0.25) is 0 Å². The molecule has 220 valence electrons.